The first-order valence-corrected chi connectivity index (χ1v) is 12.7. The number of rotatable bonds is 7. The topological polar surface area (TPSA) is 83.5 Å². The van der Waals surface area contributed by atoms with E-state index in [2.05, 4.69) is 74.5 Å². The molecular formula is C25H29N7OS. The van der Waals surface area contributed by atoms with Gasteiger partial charge in [-0.15, -0.1) is 15.3 Å². The van der Waals surface area contributed by atoms with Crippen LogP contribution in [0, 0.1) is 13.8 Å². The second kappa shape index (κ2) is 9.97. The molecule has 9 heteroatoms. The highest BCUT2D eigenvalue weighted by molar-refractivity contribution is 7.98. The molecule has 0 amide bonds. The Morgan fingerprint density at radius 2 is 1.68 bits per heavy atom. The predicted molar refractivity (Wildman–Crippen MR) is 132 cm³/mol. The molecule has 1 aliphatic rings. The minimum atomic E-state index is 0.401. The van der Waals surface area contributed by atoms with Gasteiger partial charge in [0.15, 0.2) is 16.8 Å². The van der Waals surface area contributed by atoms with E-state index in [0.29, 0.717) is 11.8 Å². The van der Waals surface area contributed by atoms with Gasteiger partial charge in [-0.1, -0.05) is 49.2 Å². The molecule has 1 aliphatic carbocycles. The SMILES string of the molecule is COc1ccc(-c2nnc(SCc3nnnn3-c3c(C)cccc3C)n2C2CCCCC2)cc1. The van der Waals surface area contributed by atoms with Crippen molar-refractivity contribution in [2.24, 2.45) is 0 Å². The van der Waals surface area contributed by atoms with Crippen molar-refractivity contribution in [2.75, 3.05) is 7.11 Å². The Morgan fingerprint density at radius 1 is 0.941 bits per heavy atom. The summed E-state index contributed by atoms with van der Waals surface area (Å²) >= 11 is 1.64. The van der Waals surface area contributed by atoms with Gasteiger partial charge in [0.2, 0.25) is 0 Å². The van der Waals surface area contributed by atoms with Crippen LogP contribution in [-0.4, -0.2) is 42.1 Å². The summed E-state index contributed by atoms with van der Waals surface area (Å²) in [5, 5.41) is 22.7. The number of methoxy groups -OCH3 is 1. The minimum absolute atomic E-state index is 0.401. The Labute approximate surface area is 203 Å². The standard InChI is InChI=1S/C25H29N7OS/c1-17-8-7-9-18(2)23(17)32-22(26-29-30-32)16-34-25-28-27-24(19-12-14-21(33-3)15-13-19)31(25)20-10-5-4-6-11-20/h7-9,12-15,20H,4-6,10-11,16H2,1-3H3. The molecule has 0 unspecified atom stereocenters. The van der Waals surface area contributed by atoms with Crippen molar-refractivity contribution in [3.05, 3.63) is 59.4 Å². The van der Waals surface area contributed by atoms with Gasteiger partial charge in [-0.05, 0) is 72.5 Å². The highest BCUT2D eigenvalue weighted by Gasteiger charge is 2.24. The molecule has 0 bridgehead atoms. The Hall–Kier alpha value is -3.20. The minimum Gasteiger partial charge on any atom is -0.497 e. The first-order chi connectivity index (χ1) is 16.7. The molecule has 0 spiro atoms. The Balaban J connectivity index is 1.46. The number of tetrazole rings is 1. The van der Waals surface area contributed by atoms with Crippen molar-refractivity contribution >= 4 is 11.8 Å². The molecule has 4 aromatic rings. The molecule has 34 heavy (non-hydrogen) atoms. The van der Waals surface area contributed by atoms with Crippen molar-refractivity contribution < 1.29 is 4.74 Å². The number of aryl methyl sites for hydroxylation is 2. The van der Waals surface area contributed by atoms with E-state index >= 15 is 0 Å². The molecule has 0 atom stereocenters. The van der Waals surface area contributed by atoms with Gasteiger partial charge in [0.25, 0.3) is 0 Å². The van der Waals surface area contributed by atoms with Gasteiger partial charge in [0.1, 0.15) is 5.75 Å². The van der Waals surface area contributed by atoms with E-state index in [0.717, 1.165) is 57.8 Å². The third-order valence-electron chi connectivity index (χ3n) is 6.47. The zero-order valence-corrected chi connectivity index (χ0v) is 20.6. The summed E-state index contributed by atoms with van der Waals surface area (Å²) < 4.78 is 9.52. The molecular weight excluding hydrogens is 446 g/mol. The highest BCUT2D eigenvalue weighted by Crippen LogP contribution is 2.36. The molecule has 1 fully saturated rings. The van der Waals surface area contributed by atoms with E-state index in [1.54, 1.807) is 18.9 Å². The van der Waals surface area contributed by atoms with Gasteiger partial charge in [0.05, 0.1) is 18.6 Å². The molecule has 0 radical (unpaired) electrons. The summed E-state index contributed by atoms with van der Waals surface area (Å²) in [5.41, 5.74) is 4.37. The van der Waals surface area contributed by atoms with Crippen LogP contribution in [-0.2, 0) is 5.75 Å². The van der Waals surface area contributed by atoms with Crippen LogP contribution >= 0.6 is 11.8 Å². The van der Waals surface area contributed by atoms with E-state index in [9.17, 15) is 0 Å². The first kappa shape index (κ1) is 22.6. The molecule has 5 rings (SSSR count). The Bertz CT molecular complexity index is 1240. The van der Waals surface area contributed by atoms with Gasteiger partial charge in [-0.2, -0.15) is 4.68 Å². The molecule has 0 N–H and O–H groups in total. The van der Waals surface area contributed by atoms with Crippen LogP contribution in [0.4, 0.5) is 0 Å². The largest absolute Gasteiger partial charge is 0.497 e. The van der Waals surface area contributed by atoms with Crippen molar-refractivity contribution in [2.45, 2.75) is 62.9 Å². The average molecular weight is 476 g/mol. The smallest absolute Gasteiger partial charge is 0.192 e. The summed E-state index contributed by atoms with van der Waals surface area (Å²) in [5.74, 6) is 3.15. The zero-order chi connectivity index (χ0) is 23.5. The van der Waals surface area contributed by atoms with Crippen molar-refractivity contribution in [3.63, 3.8) is 0 Å². The summed E-state index contributed by atoms with van der Waals surface area (Å²) in [4.78, 5) is 0. The second-order valence-electron chi connectivity index (χ2n) is 8.73. The van der Waals surface area contributed by atoms with Crippen LogP contribution in [0.1, 0.15) is 55.1 Å². The molecule has 2 heterocycles. The molecule has 1 saturated carbocycles. The zero-order valence-electron chi connectivity index (χ0n) is 19.8. The molecule has 2 aromatic heterocycles. The average Bonchev–Trinajstić information content (AvgIpc) is 3.50. The number of para-hydroxylation sites is 1. The Kier molecular flexibility index (Phi) is 6.62. The van der Waals surface area contributed by atoms with E-state index in [1.165, 1.54) is 19.3 Å². The van der Waals surface area contributed by atoms with E-state index in [-0.39, 0.29) is 0 Å². The number of thioether (sulfide) groups is 1. The lowest BCUT2D eigenvalue weighted by atomic mass is 9.95. The fourth-order valence-corrected chi connectivity index (χ4v) is 5.63. The summed E-state index contributed by atoms with van der Waals surface area (Å²) in [6, 6.07) is 14.7. The third kappa shape index (κ3) is 4.44. The summed E-state index contributed by atoms with van der Waals surface area (Å²) in [6.07, 6.45) is 6.06. The molecule has 2 aromatic carbocycles. The fourth-order valence-electron chi connectivity index (χ4n) is 4.72. The normalized spacial score (nSPS) is 14.4. The maximum atomic E-state index is 5.33. The van der Waals surface area contributed by atoms with Crippen LogP contribution in [0.5, 0.6) is 5.75 Å². The third-order valence-corrected chi connectivity index (χ3v) is 7.41. The number of ether oxygens (including phenoxy) is 1. The number of aromatic nitrogens is 7. The van der Waals surface area contributed by atoms with Crippen LogP contribution < -0.4 is 4.74 Å². The molecule has 0 saturated heterocycles. The Morgan fingerprint density at radius 3 is 2.38 bits per heavy atom. The number of hydrogen-bond donors (Lipinski definition) is 0. The fraction of sp³-hybridized carbons (Fsp3) is 0.400. The second-order valence-corrected chi connectivity index (χ2v) is 9.68. The molecule has 176 valence electrons. The summed E-state index contributed by atoms with van der Waals surface area (Å²) in [6.45, 7) is 4.17. The van der Waals surface area contributed by atoms with E-state index in [4.69, 9.17) is 4.74 Å². The van der Waals surface area contributed by atoms with Gasteiger partial charge < -0.3 is 4.74 Å². The summed E-state index contributed by atoms with van der Waals surface area (Å²) in [7, 11) is 1.68. The first-order valence-electron chi connectivity index (χ1n) is 11.7. The van der Waals surface area contributed by atoms with E-state index in [1.807, 2.05) is 16.8 Å². The monoisotopic (exact) mass is 475 g/mol. The van der Waals surface area contributed by atoms with Crippen molar-refractivity contribution in [3.8, 4) is 22.8 Å². The van der Waals surface area contributed by atoms with Crippen molar-refractivity contribution in [1.82, 2.24) is 35.0 Å². The van der Waals surface area contributed by atoms with Crippen LogP contribution in [0.2, 0.25) is 0 Å². The molecule has 8 nitrogen and oxygen atoms in total. The number of benzene rings is 2. The van der Waals surface area contributed by atoms with Gasteiger partial charge >= 0.3 is 0 Å². The quantitative estimate of drug-likeness (QED) is 0.333. The van der Waals surface area contributed by atoms with Gasteiger partial charge in [-0.25, -0.2) is 0 Å². The predicted octanol–water partition coefficient (Wildman–Crippen LogP) is 5.34. The van der Waals surface area contributed by atoms with Crippen molar-refractivity contribution in [1.29, 1.82) is 0 Å². The number of nitrogens with zero attached hydrogens (tertiary/aromatic N) is 7. The van der Waals surface area contributed by atoms with E-state index < -0.39 is 0 Å². The molecule has 0 aliphatic heterocycles. The van der Waals surface area contributed by atoms with Crippen LogP contribution in [0.25, 0.3) is 17.1 Å². The van der Waals surface area contributed by atoms with Crippen LogP contribution in [0.15, 0.2) is 47.6 Å². The lowest BCUT2D eigenvalue weighted by Gasteiger charge is -2.25. The van der Waals surface area contributed by atoms with Crippen LogP contribution in [0.3, 0.4) is 0 Å². The lowest BCUT2D eigenvalue weighted by molar-refractivity contribution is 0.339. The highest BCUT2D eigenvalue weighted by atomic mass is 32.2. The number of hydrogen-bond acceptors (Lipinski definition) is 7. The maximum Gasteiger partial charge on any atom is 0.192 e. The van der Waals surface area contributed by atoms with Gasteiger partial charge in [-0.3, -0.25) is 4.57 Å². The maximum absolute atomic E-state index is 5.33. The lowest BCUT2D eigenvalue weighted by Crippen LogP contribution is -2.15. The van der Waals surface area contributed by atoms with Gasteiger partial charge in [0, 0.05) is 11.6 Å².